The van der Waals surface area contributed by atoms with Crippen molar-refractivity contribution in [2.45, 2.75) is 19.4 Å². The first-order valence-electron chi connectivity index (χ1n) is 6.72. The highest BCUT2D eigenvalue weighted by atomic mass is 35.5. The first kappa shape index (κ1) is 13.5. The van der Waals surface area contributed by atoms with Gasteiger partial charge < -0.3 is 0 Å². The maximum atomic E-state index is 13.8. The van der Waals surface area contributed by atoms with E-state index in [-0.39, 0.29) is 5.82 Å². The number of hydrogen-bond acceptors (Lipinski definition) is 2. The molecule has 2 nitrogen and oxygen atoms in total. The van der Waals surface area contributed by atoms with Gasteiger partial charge in [0.25, 0.3) is 0 Å². The molecule has 1 fully saturated rings. The molecule has 0 radical (unpaired) electrons. The molecule has 1 aromatic heterocycles. The molecule has 0 amide bonds. The topological polar surface area (TPSA) is 16.1 Å². The summed E-state index contributed by atoms with van der Waals surface area (Å²) in [6, 6.07) is 9.17. The minimum atomic E-state index is -0.220. The van der Waals surface area contributed by atoms with Gasteiger partial charge in [0.15, 0.2) is 0 Å². The third kappa shape index (κ3) is 2.56. The van der Waals surface area contributed by atoms with E-state index in [1.54, 1.807) is 6.07 Å². The van der Waals surface area contributed by atoms with Crippen LogP contribution in [0.3, 0.4) is 0 Å². The van der Waals surface area contributed by atoms with Crippen molar-refractivity contribution in [3.8, 4) is 0 Å². The summed E-state index contributed by atoms with van der Waals surface area (Å²) in [5.74, 6) is 0.227. The van der Waals surface area contributed by atoms with E-state index in [1.807, 2.05) is 31.3 Å². The van der Waals surface area contributed by atoms with Crippen molar-refractivity contribution in [2.75, 3.05) is 13.1 Å². The number of likely N-dealkylation sites (tertiary alicyclic amines) is 1. The Labute approximate surface area is 123 Å². The number of hydrogen-bond donors (Lipinski definition) is 0. The van der Waals surface area contributed by atoms with E-state index in [9.17, 15) is 4.39 Å². The molecule has 0 spiro atoms. The van der Waals surface area contributed by atoms with Crippen LogP contribution in [0.1, 0.15) is 22.7 Å². The number of rotatable bonds is 3. The Kier molecular flexibility index (Phi) is 3.72. The minimum Gasteiger partial charge on any atom is -0.297 e. The van der Waals surface area contributed by atoms with Crippen LogP contribution in [0.4, 0.5) is 4.39 Å². The Balaban J connectivity index is 1.66. The van der Waals surface area contributed by atoms with Gasteiger partial charge in [0.1, 0.15) is 5.82 Å². The number of aryl methyl sites for hydroxylation is 1. The first-order valence-corrected chi connectivity index (χ1v) is 7.09. The molecule has 1 saturated heterocycles. The average molecular weight is 291 g/mol. The quantitative estimate of drug-likeness (QED) is 0.855. The second-order valence-electron chi connectivity index (χ2n) is 5.30. The predicted molar refractivity (Wildman–Crippen MR) is 78.4 cm³/mol. The molecule has 1 aromatic carbocycles. The highest BCUT2D eigenvalue weighted by Crippen LogP contribution is 2.30. The smallest absolute Gasteiger partial charge is 0.129 e. The van der Waals surface area contributed by atoms with Crippen molar-refractivity contribution in [1.82, 2.24) is 9.88 Å². The van der Waals surface area contributed by atoms with Crippen LogP contribution in [-0.4, -0.2) is 23.0 Å². The molecule has 0 N–H and O–H groups in total. The van der Waals surface area contributed by atoms with Crippen molar-refractivity contribution in [1.29, 1.82) is 0 Å². The fraction of sp³-hybridized carbons (Fsp3) is 0.312. The molecular weight excluding hydrogens is 275 g/mol. The molecule has 104 valence electrons. The monoisotopic (exact) mass is 290 g/mol. The lowest BCUT2D eigenvalue weighted by Gasteiger charge is -2.39. The fourth-order valence-corrected chi connectivity index (χ4v) is 2.80. The summed E-state index contributed by atoms with van der Waals surface area (Å²) in [5.41, 5.74) is 2.63. The maximum absolute atomic E-state index is 13.8. The summed E-state index contributed by atoms with van der Waals surface area (Å²) in [7, 11) is 0. The molecule has 0 unspecified atom stereocenters. The SMILES string of the molecule is Cc1ccc(F)c(CN2CC(c3ccccn3)C2)c1Cl. The van der Waals surface area contributed by atoms with Gasteiger partial charge in [-0.1, -0.05) is 23.7 Å². The van der Waals surface area contributed by atoms with Crippen LogP contribution in [0.25, 0.3) is 0 Å². The van der Waals surface area contributed by atoms with Crippen LogP contribution < -0.4 is 0 Å². The van der Waals surface area contributed by atoms with E-state index < -0.39 is 0 Å². The molecule has 0 atom stereocenters. The van der Waals surface area contributed by atoms with Crippen LogP contribution >= 0.6 is 11.6 Å². The van der Waals surface area contributed by atoms with E-state index in [1.165, 1.54) is 6.07 Å². The summed E-state index contributed by atoms with van der Waals surface area (Å²) in [4.78, 5) is 6.56. The largest absolute Gasteiger partial charge is 0.297 e. The summed E-state index contributed by atoms with van der Waals surface area (Å²) >= 11 is 6.20. The van der Waals surface area contributed by atoms with Gasteiger partial charge in [-0.2, -0.15) is 0 Å². The van der Waals surface area contributed by atoms with E-state index in [2.05, 4.69) is 9.88 Å². The lowest BCUT2D eigenvalue weighted by molar-refractivity contribution is 0.135. The van der Waals surface area contributed by atoms with Gasteiger partial charge in [-0.05, 0) is 30.7 Å². The Bertz CT molecular complexity index is 609. The Hall–Kier alpha value is -1.45. The van der Waals surface area contributed by atoms with Gasteiger partial charge in [-0.25, -0.2) is 4.39 Å². The Morgan fingerprint density at radius 1 is 1.30 bits per heavy atom. The lowest BCUT2D eigenvalue weighted by Crippen LogP contribution is -2.44. The van der Waals surface area contributed by atoms with Gasteiger partial charge in [0, 0.05) is 43.0 Å². The standard InChI is InChI=1S/C16H16ClFN2/c1-11-5-6-14(18)13(16(11)17)10-20-8-12(9-20)15-4-2-3-7-19-15/h2-7,12H,8-10H2,1H3. The van der Waals surface area contributed by atoms with Crippen LogP contribution in [0.5, 0.6) is 0 Å². The van der Waals surface area contributed by atoms with E-state index in [0.29, 0.717) is 23.0 Å². The van der Waals surface area contributed by atoms with E-state index >= 15 is 0 Å². The van der Waals surface area contributed by atoms with Gasteiger partial charge in [-0.3, -0.25) is 9.88 Å². The third-order valence-electron chi connectivity index (χ3n) is 3.82. The molecule has 3 rings (SSSR count). The second-order valence-corrected chi connectivity index (χ2v) is 5.68. The summed E-state index contributed by atoms with van der Waals surface area (Å²) < 4.78 is 13.8. The third-order valence-corrected chi connectivity index (χ3v) is 4.35. The number of halogens is 2. The number of pyridine rings is 1. The zero-order chi connectivity index (χ0) is 14.1. The summed E-state index contributed by atoms with van der Waals surface area (Å²) in [6.45, 7) is 4.27. The number of nitrogens with zero attached hydrogens (tertiary/aromatic N) is 2. The second kappa shape index (κ2) is 5.51. The number of benzene rings is 1. The van der Waals surface area contributed by atoms with Crippen molar-refractivity contribution in [3.63, 3.8) is 0 Å². The van der Waals surface area contributed by atoms with Crippen LogP contribution in [0, 0.1) is 12.7 Å². The normalized spacial score (nSPS) is 16.1. The van der Waals surface area contributed by atoms with E-state index in [0.717, 1.165) is 24.3 Å². The maximum Gasteiger partial charge on any atom is 0.129 e. The fourth-order valence-electron chi connectivity index (χ4n) is 2.59. The molecule has 20 heavy (non-hydrogen) atoms. The molecule has 0 aliphatic carbocycles. The summed E-state index contributed by atoms with van der Waals surface area (Å²) in [6.07, 6.45) is 1.81. The zero-order valence-corrected chi connectivity index (χ0v) is 12.1. The molecule has 1 aliphatic heterocycles. The van der Waals surface area contributed by atoms with Crippen LogP contribution in [0.2, 0.25) is 5.02 Å². The Morgan fingerprint density at radius 3 is 2.80 bits per heavy atom. The molecule has 0 saturated carbocycles. The van der Waals surface area contributed by atoms with Gasteiger partial charge >= 0.3 is 0 Å². The van der Waals surface area contributed by atoms with Crippen molar-refractivity contribution in [3.05, 3.63) is 64.2 Å². The Morgan fingerprint density at radius 2 is 2.10 bits per heavy atom. The van der Waals surface area contributed by atoms with Crippen LogP contribution in [0.15, 0.2) is 36.5 Å². The zero-order valence-electron chi connectivity index (χ0n) is 11.3. The average Bonchev–Trinajstić information content (AvgIpc) is 2.42. The van der Waals surface area contributed by atoms with Gasteiger partial charge in [-0.15, -0.1) is 0 Å². The van der Waals surface area contributed by atoms with Gasteiger partial charge in [0.2, 0.25) is 0 Å². The molecule has 2 heterocycles. The lowest BCUT2D eigenvalue weighted by atomic mass is 9.95. The van der Waals surface area contributed by atoms with Crippen LogP contribution in [-0.2, 0) is 6.54 Å². The molecule has 4 heteroatoms. The van der Waals surface area contributed by atoms with Crippen molar-refractivity contribution < 1.29 is 4.39 Å². The molecule has 1 aliphatic rings. The summed E-state index contributed by atoms with van der Waals surface area (Å²) in [5, 5.41) is 0.547. The molecular formula is C16H16ClFN2. The van der Waals surface area contributed by atoms with E-state index in [4.69, 9.17) is 11.6 Å². The van der Waals surface area contributed by atoms with Gasteiger partial charge in [0.05, 0.1) is 5.02 Å². The molecule has 0 bridgehead atoms. The minimum absolute atomic E-state index is 0.220. The highest BCUT2D eigenvalue weighted by Gasteiger charge is 2.29. The highest BCUT2D eigenvalue weighted by molar-refractivity contribution is 6.32. The van der Waals surface area contributed by atoms with Crippen molar-refractivity contribution >= 4 is 11.6 Å². The number of aromatic nitrogens is 1. The van der Waals surface area contributed by atoms with Crippen molar-refractivity contribution in [2.24, 2.45) is 0 Å². The first-order chi connectivity index (χ1) is 9.65. The molecule has 2 aromatic rings. The predicted octanol–water partition coefficient (Wildman–Crippen LogP) is 3.78.